The molecular formula is C14H21BrOS. The molecule has 96 valence electrons. The van der Waals surface area contributed by atoms with Gasteiger partial charge in [-0.15, -0.1) is 11.8 Å². The summed E-state index contributed by atoms with van der Waals surface area (Å²) in [7, 11) is 0. The molecular weight excluding hydrogens is 296 g/mol. The van der Waals surface area contributed by atoms with Crippen LogP contribution in [0.25, 0.3) is 0 Å². The van der Waals surface area contributed by atoms with Crippen LogP contribution in [0.15, 0.2) is 33.6 Å². The summed E-state index contributed by atoms with van der Waals surface area (Å²) in [6, 6.07) is 8.25. The highest BCUT2D eigenvalue weighted by atomic mass is 79.9. The van der Waals surface area contributed by atoms with Crippen molar-refractivity contribution in [2.45, 2.75) is 50.0 Å². The summed E-state index contributed by atoms with van der Waals surface area (Å²) in [5, 5.41) is 10.5. The van der Waals surface area contributed by atoms with Gasteiger partial charge in [0.05, 0.1) is 5.60 Å². The van der Waals surface area contributed by atoms with Crippen molar-refractivity contribution in [2.75, 3.05) is 5.75 Å². The van der Waals surface area contributed by atoms with E-state index in [1.54, 1.807) is 11.8 Å². The Morgan fingerprint density at radius 2 is 1.88 bits per heavy atom. The van der Waals surface area contributed by atoms with Crippen LogP contribution in [0.5, 0.6) is 0 Å². The fourth-order valence-electron chi connectivity index (χ4n) is 1.97. The van der Waals surface area contributed by atoms with Gasteiger partial charge in [0.25, 0.3) is 0 Å². The summed E-state index contributed by atoms with van der Waals surface area (Å²) < 4.78 is 1.09. The standard InChI is InChI=1S/C14H21BrOS/c1-3-8-14(16,9-4-2)11-17-13-7-5-6-12(15)10-13/h5-7,10,16H,3-4,8-9,11H2,1-2H3. The van der Waals surface area contributed by atoms with Gasteiger partial charge in [0.2, 0.25) is 0 Å². The van der Waals surface area contributed by atoms with Crippen molar-refractivity contribution in [2.24, 2.45) is 0 Å². The first kappa shape index (κ1) is 15.1. The SMILES string of the molecule is CCCC(O)(CCC)CSc1cccc(Br)c1. The second-order valence-electron chi connectivity index (χ2n) is 4.47. The first-order valence-electron chi connectivity index (χ1n) is 6.20. The minimum absolute atomic E-state index is 0.503. The van der Waals surface area contributed by atoms with E-state index in [0.29, 0.717) is 0 Å². The zero-order valence-electron chi connectivity index (χ0n) is 10.6. The normalized spacial score (nSPS) is 11.8. The van der Waals surface area contributed by atoms with Gasteiger partial charge >= 0.3 is 0 Å². The van der Waals surface area contributed by atoms with Crippen LogP contribution in [0.4, 0.5) is 0 Å². The van der Waals surface area contributed by atoms with E-state index in [-0.39, 0.29) is 0 Å². The van der Waals surface area contributed by atoms with Gasteiger partial charge in [-0.3, -0.25) is 0 Å². The van der Waals surface area contributed by atoms with Gasteiger partial charge < -0.3 is 5.11 Å². The average Bonchev–Trinajstić information content (AvgIpc) is 2.27. The molecule has 0 heterocycles. The molecule has 0 saturated heterocycles. The van der Waals surface area contributed by atoms with Crippen molar-refractivity contribution >= 4 is 27.7 Å². The Hall–Kier alpha value is 0.01000. The second kappa shape index (κ2) is 7.45. The van der Waals surface area contributed by atoms with Crippen LogP contribution in [0.1, 0.15) is 39.5 Å². The topological polar surface area (TPSA) is 20.2 Å². The maximum Gasteiger partial charge on any atom is 0.0741 e. The molecule has 0 amide bonds. The van der Waals surface area contributed by atoms with Gasteiger partial charge in [0.1, 0.15) is 0 Å². The van der Waals surface area contributed by atoms with Crippen LogP contribution >= 0.6 is 27.7 Å². The van der Waals surface area contributed by atoms with E-state index < -0.39 is 5.60 Å². The Balaban J connectivity index is 2.57. The zero-order chi connectivity index (χ0) is 12.7. The quantitative estimate of drug-likeness (QED) is 0.724. The van der Waals surface area contributed by atoms with Crippen LogP contribution in [-0.2, 0) is 0 Å². The molecule has 0 radical (unpaired) electrons. The van der Waals surface area contributed by atoms with Gasteiger partial charge in [0, 0.05) is 15.1 Å². The van der Waals surface area contributed by atoms with Crippen LogP contribution in [0.3, 0.4) is 0 Å². The molecule has 0 fully saturated rings. The molecule has 0 atom stereocenters. The van der Waals surface area contributed by atoms with E-state index in [2.05, 4.69) is 41.9 Å². The maximum atomic E-state index is 10.5. The average molecular weight is 317 g/mol. The maximum absolute atomic E-state index is 10.5. The Morgan fingerprint density at radius 3 is 2.41 bits per heavy atom. The van der Waals surface area contributed by atoms with Crippen LogP contribution in [0, 0.1) is 0 Å². The molecule has 0 spiro atoms. The fourth-order valence-corrected chi connectivity index (χ4v) is 3.63. The zero-order valence-corrected chi connectivity index (χ0v) is 13.0. The summed E-state index contributed by atoms with van der Waals surface area (Å²) in [5.41, 5.74) is -0.503. The van der Waals surface area contributed by atoms with Crippen molar-refractivity contribution < 1.29 is 5.11 Å². The fraction of sp³-hybridized carbons (Fsp3) is 0.571. The molecule has 0 unspecified atom stereocenters. The van der Waals surface area contributed by atoms with E-state index in [9.17, 15) is 5.11 Å². The summed E-state index contributed by atoms with van der Waals surface area (Å²) in [6.45, 7) is 4.26. The molecule has 1 rings (SSSR count). The summed E-state index contributed by atoms with van der Waals surface area (Å²) >= 11 is 5.21. The molecule has 1 nitrogen and oxygen atoms in total. The molecule has 0 aliphatic heterocycles. The molecule has 0 saturated carbocycles. The lowest BCUT2D eigenvalue weighted by Crippen LogP contribution is -2.31. The number of thioether (sulfide) groups is 1. The van der Waals surface area contributed by atoms with Gasteiger partial charge in [-0.2, -0.15) is 0 Å². The van der Waals surface area contributed by atoms with Crippen LogP contribution < -0.4 is 0 Å². The second-order valence-corrected chi connectivity index (χ2v) is 6.43. The molecule has 0 aromatic heterocycles. The molecule has 0 aliphatic rings. The highest BCUT2D eigenvalue weighted by Gasteiger charge is 2.24. The minimum Gasteiger partial charge on any atom is -0.389 e. The lowest BCUT2D eigenvalue weighted by Gasteiger charge is -2.27. The predicted molar refractivity (Wildman–Crippen MR) is 79.6 cm³/mol. The third-order valence-electron chi connectivity index (χ3n) is 2.73. The van der Waals surface area contributed by atoms with Gasteiger partial charge in [-0.1, -0.05) is 48.7 Å². The lowest BCUT2D eigenvalue weighted by atomic mass is 9.95. The Labute approximate surface area is 117 Å². The first-order valence-corrected chi connectivity index (χ1v) is 7.98. The molecule has 17 heavy (non-hydrogen) atoms. The Bertz CT molecular complexity index is 335. The smallest absolute Gasteiger partial charge is 0.0741 e. The van der Waals surface area contributed by atoms with Crippen LogP contribution in [-0.4, -0.2) is 16.5 Å². The van der Waals surface area contributed by atoms with E-state index >= 15 is 0 Å². The molecule has 3 heteroatoms. The number of hydrogen-bond donors (Lipinski definition) is 1. The summed E-state index contributed by atoms with van der Waals surface area (Å²) in [4.78, 5) is 1.21. The van der Waals surface area contributed by atoms with E-state index in [1.807, 2.05) is 12.1 Å². The molecule has 1 aromatic rings. The van der Waals surface area contributed by atoms with Crippen molar-refractivity contribution in [1.82, 2.24) is 0 Å². The monoisotopic (exact) mass is 316 g/mol. The third kappa shape index (κ3) is 5.45. The van der Waals surface area contributed by atoms with Crippen LogP contribution in [0.2, 0.25) is 0 Å². The number of rotatable bonds is 7. The van der Waals surface area contributed by atoms with Crippen molar-refractivity contribution in [1.29, 1.82) is 0 Å². The van der Waals surface area contributed by atoms with Crippen molar-refractivity contribution in [3.05, 3.63) is 28.7 Å². The first-order chi connectivity index (χ1) is 8.09. The van der Waals surface area contributed by atoms with Crippen molar-refractivity contribution in [3.63, 3.8) is 0 Å². The molecule has 1 aromatic carbocycles. The lowest BCUT2D eigenvalue weighted by molar-refractivity contribution is 0.0455. The van der Waals surface area contributed by atoms with E-state index in [1.165, 1.54) is 4.90 Å². The Morgan fingerprint density at radius 1 is 1.24 bits per heavy atom. The highest BCUT2D eigenvalue weighted by molar-refractivity contribution is 9.10. The molecule has 1 N–H and O–H groups in total. The highest BCUT2D eigenvalue weighted by Crippen LogP contribution is 2.30. The Kier molecular flexibility index (Phi) is 6.60. The van der Waals surface area contributed by atoms with Gasteiger partial charge in [-0.05, 0) is 31.0 Å². The number of benzene rings is 1. The molecule has 0 aliphatic carbocycles. The number of aliphatic hydroxyl groups is 1. The largest absolute Gasteiger partial charge is 0.389 e. The number of hydrogen-bond acceptors (Lipinski definition) is 2. The molecule has 0 bridgehead atoms. The van der Waals surface area contributed by atoms with E-state index in [4.69, 9.17) is 0 Å². The number of halogens is 1. The van der Waals surface area contributed by atoms with Gasteiger partial charge in [0.15, 0.2) is 0 Å². The minimum atomic E-state index is -0.503. The van der Waals surface area contributed by atoms with Crippen molar-refractivity contribution in [3.8, 4) is 0 Å². The predicted octanol–water partition coefficient (Wildman–Crippen LogP) is 4.87. The third-order valence-corrected chi connectivity index (χ3v) is 4.50. The van der Waals surface area contributed by atoms with Gasteiger partial charge in [-0.25, -0.2) is 0 Å². The summed E-state index contributed by atoms with van der Waals surface area (Å²) in [5.74, 6) is 0.783. The summed E-state index contributed by atoms with van der Waals surface area (Å²) in [6.07, 6.45) is 3.86. The van der Waals surface area contributed by atoms with E-state index in [0.717, 1.165) is 35.9 Å².